The number of para-hydroxylation sites is 1. The molecule has 1 fully saturated rings. The van der Waals surface area contributed by atoms with Crippen LogP contribution >= 0.6 is 0 Å². The minimum atomic E-state index is -0.165. The first kappa shape index (κ1) is 12.2. The molecular weight excluding hydrogens is 238 g/mol. The van der Waals surface area contributed by atoms with Crippen LogP contribution in [0.15, 0.2) is 30.3 Å². The van der Waals surface area contributed by atoms with Crippen molar-refractivity contribution in [3.8, 4) is 0 Å². The number of amides is 1. The summed E-state index contributed by atoms with van der Waals surface area (Å²) < 4.78 is 0. The van der Waals surface area contributed by atoms with Crippen molar-refractivity contribution in [1.29, 1.82) is 0 Å². The summed E-state index contributed by atoms with van der Waals surface area (Å²) in [6, 6.07) is 10.5. The number of nitrogens with two attached hydrogens (primary N) is 1. The van der Waals surface area contributed by atoms with Gasteiger partial charge in [0.15, 0.2) is 0 Å². The van der Waals surface area contributed by atoms with E-state index in [1.165, 1.54) is 16.6 Å². The van der Waals surface area contributed by atoms with Crippen molar-refractivity contribution >= 4 is 16.8 Å². The summed E-state index contributed by atoms with van der Waals surface area (Å²) in [6.45, 7) is 2.68. The number of nitrogens with one attached hydrogen (secondary N) is 1. The molecule has 0 bridgehead atoms. The van der Waals surface area contributed by atoms with Crippen LogP contribution in [-0.4, -0.2) is 28.9 Å². The summed E-state index contributed by atoms with van der Waals surface area (Å²) in [5, 5.41) is 1.24. The highest BCUT2D eigenvalue weighted by Crippen LogP contribution is 2.20. The first-order valence-electron chi connectivity index (χ1n) is 6.80. The molecule has 4 heteroatoms. The average Bonchev–Trinajstić information content (AvgIpc) is 2.81. The zero-order valence-electron chi connectivity index (χ0n) is 10.9. The van der Waals surface area contributed by atoms with Crippen LogP contribution in [0.3, 0.4) is 0 Å². The summed E-state index contributed by atoms with van der Waals surface area (Å²) in [5.41, 5.74) is 7.78. The van der Waals surface area contributed by atoms with Gasteiger partial charge in [0, 0.05) is 24.3 Å². The van der Waals surface area contributed by atoms with E-state index >= 15 is 0 Å². The van der Waals surface area contributed by atoms with Crippen LogP contribution in [0.25, 0.3) is 10.9 Å². The molecule has 1 saturated heterocycles. The first-order valence-corrected chi connectivity index (χ1v) is 6.80. The highest BCUT2D eigenvalue weighted by atomic mass is 16.1. The van der Waals surface area contributed by atoms with Gasteiger partial charge in [-0.15, -0.1) is 0 Å². The number of hydrogen-bond donors (Lipinski definition) is 2. The van der Waals surface area contributed by atoms with Gasteiger partial charge >= 0.3 is 0 Å². The number of nitrogens with zero attached hydrogens (tertiary/aromatic N) is 1. The Morgan fingerprint density at radius 3 is 3.05 bits per heavy atom. The molecule has 0 saturated carbocycles. The lowest BCUT2D eigenvalue weighted by atomic mass is 9.97. The van der Waals surface area contributed by atoms with Crippen molar-refractivity contribution in [2.75, 3.05) is 13.1 Å². The number of benzene rings is 1. The van der Waals surface area contributed by atoms with Crippen molar-refractivity contribution in [3.63, 3.8) is 0 Å². The van der Waals surface area contributed by atoms with E-state index in [1.807, 2.05) is 12.1 Å². The van der Waals surface area contributed by atoms with Gasteiger partial charge in [0.2, 0.25) is 5.91 Å². The summed E-state index contributed by atoms with van der Waals surface area (Å²) in [6.07, 6.45) is 1.98. The molecule has 0 radical (unpaired) electrons. The van der Waals surface area contributed by atoms with Crippen molar-refractivity contribution in [3.05, 3.63) is 36.0 Å². The molecular formula is C15H19N3O. The second-order valence-electron chi connectivity index (χ2n) is 5.36. The maximum Gasteiger partial charge on any atom is 0.221 e. The van der Waals surface area contributed by atoms with Gasteiger partial charge < -0.3 is 10.7 Å². The molecule has 19 heavy (non-hydrogen) atoms. The summed E-state index contributed by atoms with van der Waals surface area (Å²) in [5.74, 6) is -0.153. The van der Waals surface area contributed by atoms with Gasteiger partial charge in [0.25, 0.3) is 0 Å². The minimum absolute atomic E-state index is 0.0122. The number of hydrogen-bond acceptors (Lipinski definition) is 2. The zero-order valence-corrected chi connectivity index (χ0v) is 10.9. The van der Waals surface area contributed by atoms with Crippen molar-refractivity contribution < 1.29 is 4.79 Å². The Kier molecular flexibility index (Phi) is 3.25. The SMILES string of the molecule is NC(=O)C1CCCN(Cc2cc3ccccc3[nH]2)C1. The smallest absolute Gasteiger partial charge is 0.221 e. The Morgan fingerprint density at radius 1 is 1.42 bits per heavy atom. The number of primary amides is 1. The predicted octanol–water partition coefficient (Wildman–Crippen LogP) is 1.87. The molecule has 0 aliphatic carbocycles. The van der Waals surface area contributed by atoms with E-state index in [4.69, 9.17) is 5.73 Å². The summed E-state index contributed by atoms with van der Waals surface area (Å²) >= 11 is 0. The van der Waals surface area contributed by atoms with Crippen LogP contribution in [0.1, 0.15) is 18.5 Å². The van der Waals surface area contributed by atoms with Crippen molar-refractivity contribution in [2.24, 2.45) is 11.7 Å². The number of aromatic amines is 1. The molecule has 2 heterocycles. The Balaban J connectivity index is 1.72. The topological polar surface area (TPSA) is 62.1 Å². The second-order valence-corrected chi connectivity index (χ2v) is 5.36. The predicted molar refractivity (Wildman–Crippen MR) is 75.5 cm³/mol. The number of carbonyl (C=O) groups is 1. The van der Waals surface area contributed by atoms with Crippen LogP contribution in [0.5, 0.6) is 0 Å². The molecule has 1 unspecified atom stereocenters. The number of likely N-dealkylation sites (tertiary alicyclic amines) is 1. The molecule has 4 nitrogen and oxygen atoms in total. The van der Waals surface area contributed by atoms with Gasteiger partial charge in [-0.1, -0.05) is 18.2 Å². The second kappa shape index (κ2) is 5.05. The fraction of sp³-hybridized carbons (Fsp3) is 0.400. The van der Waals surface area contributed by atoms with Crippen molar-refractivity contribution in [2.45, 2.75) is 19.4 Å². The minimum Gasteiger partial charge on any atom is -0.369 e. The fourth-order valence-corrected chi connectivity index (χ4v) is 2.89. The summed E-state index contributed by atoms with van der Waals surface area (Å²) in [7, 11) is 0. The van der Waals surface area contributed by atoms with Crippen LogP contribution in [-0.2, 0) is 11.3 Å². The number of H-pyrrole nitrogens is 1. The van der Waals surface area contributed by atoms with Crippen LogP contribution in [0, 0.1) is 5.92 Å². The molecule has 100 valence electrons. The molecule has 0 spiro atoms. The Hall–Kier alpha value is -1.81. The van der Waals surface area contributed by atoms with Gasteiger partial charge in [0.05, 0.1) is 5.92 Å². The monoisotopic (exact) mass is 257 g/mol. The van der Waals surface area contributed by atoms with Gasteiger partial charge in [0.1, 0.15) is 0 Å². The average molecular weight is 257 g/mol. The Bertz CT molecular complexity index is 557. The molecule has 2 aromatic rings. The number of piperidine rings is 1. The van der Waals surface area contributed by atoms with E-state index in [1.54, 1.807) is 0 Å². The Morgan fingerprint density at radius 2 is 2.26 bits per heavy atom. The molecule has 1 aromatic heterocycles. The zero-order chi connectivity index (χ0) is 13.2. The highest BCUT2D eigenvalue weighted by molar-refractivity contribution is 5.80. The first-order chi connectivity index (χ1) is 9.22. The van der Waals surface area contributed by atoms with Gasteiger partial charge in [-0.05, 0) is 36.9 Å². The van der Waals surface area contributed by atoms with E-state index < -0.39 is 0 Å². The highest BCUT2D eigenvalue weighted by Gasteiger charge is 2.24. The molecule has 3 rings (SSSR count). The van der Waals surface area contributed by atoms with Crippen LogP contribution < -0.4 is 5.73 Å². The van der Waals surface area contributed by atoms with Crippen LogP contribution in [0.2, 0.25) is 0 Å². The third-order valence-electron chi connectivity index (χ3n) is 3.89. The van der Waals surface area contributed by atoms with E-state index in [0.717, 1.165) is 32.5 Å². The van der Waals surface area contributed by atoms with Gasteiger partial charge in [-0.2, -0.15) is 0 Å². The normalized spacial score (nSPS) is 20.7. The molecule has 1 aliphatic heterocycles. The standard InChI is InChI=1S/C15H19N3O/c16-15(19)12-5-3-7-18(9-12)10-13-8-11-4-1-2-6-14(11)17-13/h1-2,4,6,8,12,17H,3,5,7,9-10H2,(H2,16,19). The molecule has 3 N–H and O–H groups in total. The summed E-state index contributed by atoms with van der Waals surface area (Å²) in [4.78, 5) is 17.0. The number of rotatable bonds is 3. The third kappa shape index (κ3) is 2.63. The Labute approximate surface area is 112 Å². The lowest BCUT2D eigenvalue weighted by Gasteiger charge is -2.30. The fourth-order valence-electron chi connectivity index (χ4n) is 2.89. The van der Waals surface area contributed by atoms with E-state index in [9.17, 15) is 4.79 Å². The van der Waals surface area contributed by atoms with Gasteiger partial charge in [-0.25, -0.2) is 0 Å². The third-order valence-corrected chi connectivity index (χ3v) is 3.89. The molecule has 1 atom stereocenters. The molecule has 1 amide bonds. The lowest BCUT2D eigenvalue weighted by Crippen LogP contribution is -2.40. The van der Waals surface area contributed by atoms with Crippen molar-refractivity contribution in [1.82, 2.24) is 9.88 Å². The van der Waals surface area contributed by atoms with E-state index in [0.29, 0.717) is 0 Å². The molecule has 1 aliphatic rings. The van der Waals surface area contributed by atoms with Gasteiger partial charge in [-0.3, -0.25) is 9.69 Å². The maximum absolute atomic E-state index is 11.3. The number of carbonyl (C=O) groups excluding carboxylic acids is 1. The number of fused-ring (bicyclic) bond motifs is 1. The lowest BCUT2D eigenvalue weighted by molar-refractivity contribution is -0.123. The molecule has 1 aromatic carbocycles. The largest absolute Gasteiger partial charge is 0.369 e. The van der Waals surface area contributed by atoms with Crippen LogP contribution in [0.4, 0.5) is 0 Å². The van der Waals surface area contributed by atoms with E-state index in [2.05, 4.69) is 28.1 Å². The quantitative estimate of drug-likeness (QED) is 0.881. The maximum atomic E-state index is 11.3. The van der Waals surface area contributed by atoms with E-state index in [-0.39, 0.29) is 11.8 Å². The number of aromatic nitrogens is 1.